The van der Waals surface area contributed by atoms with Gasteiger partial charge in [-0.25, -0.2) is 0 Å². The number of aromatic nitrogens is 2. The van der Waals surface area contributed by atoms with Gasteiger partial charge >= 0.3 is 0 Å². The van der Waals surface area contributed by atoms with Crippen LogP contribution in [0.25, 0.3) is 0 Å². The molecule has 0 aliphatic rings. The first-order valence-corrected chi connectivity index (χ1v) is 6.19. The highest BCUT2D eigenvalue weighted by atomic mass is 79.9. The lowest BCUT2D eigenvalue weighted by molar-refractivity contribution is 0.676. The lowest BCUT2D eigenvalue weighted by Gasteiger charge is -2.04. The molecule has 0 fully saturated rings. The maximum atomic E-state index is 3.96. The van der Waals surface area contributed by atoms with Crippen molar-refractivity contribution in [2.24, 2.45) is 0 Å². The second kappa shape index (κ2) is 5.34. The predicted octanol–water partition coefficient (Wildman–Crippen LogP) is 2.59. The fourth-order valence-electron chi connectivity index (χ4n) is 1.23. The molecule has 0 bridgehead atoms. The number of halogens is 1. The number of rotatable bonds is 4. The number of nitrogens with zero attached hydrogens (tertiary/aromatic N) is 2. The van der Waals surface area contributed by atoms with Gasteiger partial charge in [0.2, 0.25) is 0 Å². The molecule has 0 atom stereocenters. The van der Waals surface area contributed by atoms with E-state index in [9.17, 15) is 0 Å². The average molecular weight is 284 g/mol. The Hall–Kier alpha value is -0.780. The van der Waals surface area contributed by atoms with Crippen molar-refractivity contribution in [2.75, 3.05) is 0 Å². The van der Waals surface area contributed by atoms with Crippen LogP contribution in [0, 0.1) is 0 Å². The van der Waals surface area contributed by atoms with E-state index in [-0.39, 0.29) is 0 Å². The SMILES string of the molecule is Brc1ccccc1CNCc1csnn1. The van der Waals surface area contributed by atoms with Crippen molar-refractivity contribution >= 4 is 27.5 Å². The molecule has 0 saturated carbocycles. The van der Waals surface area contributed by atoms with Gasteiger partial charge in [0.25, 0.3) is 0 Å². The Labute approximate surface area is 101 Å². The summed E-state index contributed by atoms with van der Waals surface area (Å²) in [4.78, 5) is 0. The first-order valence-electron chi connectivity index (χ1n) is 4.56. The molecule has 15 heavy (non-hydrogen) atoms. The van der Waals surface area contributed by atoms with Crippen molar-refractivity contribution in [1.82, 2.24) is 14.9 Å². The van der Waals surface area contributed by atoms with Gasteiger partial charge in [-0.3, -0.25) is 0 Å². The molecule has 0 radical (unpaired) electrons. The molecule has 1 aromatic carbocycles. The largest absolute Gasteiger partial charge is 0.307 e. The van der Waals surface area contributed by atoms with Crippen molar-refractivity contribution in [3.63, 3.8) is 0 Å². The Kier molecular flexibility index (Phi) is 3.82. The molecule has 3 nitrogen and oxygen atoms in total. The topological polar surface area (TPSA) is 37.8 Å². The maximum Gasteiger partial charge on any atom is 0.0893 e. The van der Waals surface area contributed by atoms with Crippen LogP contribution in [0.15, 0.2) is 34.1 Å². The zero-order chi connectivity index (χ0) is 10.5. The highest BCUT2D eigenvalue weighted by Crippen LogP contribution is 2.15. The van der Waals surface area contributed by atoms with Crippen LogP contribution in [0.1, 0.15) is 11.3 Å². The van der Waals surface area contributed by atoms with Crippen LogP contribution in [0.2, 0.25) is 0 Å². The second-order valence-corrected chi connectivity index (χ2v) is 4.56. The van der Waals surface area contributed by atoms with Gasteiger partial charge in [-0.1, -0.05) is 38.6 Å². The van der Waals surface area contributed by atoms with E-state index in [1.54, 1.807) is 0 Å². The second-order valence-electron chi connectivity index (χ2n) is 3.09. The molecule has 0 amide bonds. The quantitative estimate of drug-likeness (QED) is 0.937. The van der Waals surface area contributed by atoms with Gasteiger partial charge in [-0.2, -0.15) is 0 Å². The molecule has 78 valence electrons. The van der Waals surface area contributed by atoms with Gasteiger partial charge in [0, 0.05) is 22.9 Å². The minimum atomic E-state index is 0.762. The summed E-state index contributed by atoms with van der Waals surface area (Å²) in [5.41, 5.74) is 2.24. The molecular weight excluding hydrogens is 274 g/mol. The summed E-state index contributed by atoms with van der Waals surface area (Å²) in [7, 11) is 0. The van der Waals surface area contributed by atoms with Gasteiger partial charge < -0.3 is 5.32 Å². The summed E-state index contributed by atoms with van der Waals surface area (Å²) >= 11 is 4.89. The van der Waals surface area contributed by atoms with Crippen LogP contribution in [-0.2, 0) is 13.1 Å². The number of hydrogen-bond acceptors (Lipinski definition) is 4. The van der Waals surface area contributed by atoms with Gasteiger partial charge in [-0.05, 0) is 23.2 Å². The number of nitrogens with one attached hydrogen (secondary N) is 1. The molecule has 0 aliphatic heterocycles. The van der Waals surface area contributed by atoms with Crippen molar-refractivity contribution in [3.05, 3.63) is 45.4 Å². The monoisotopic (exact) mass is 283 g/mol. The third-order valence-corrected chi connectivity index (χ3v) is 3.31. The minimum Gasteiger partial charge on any atom is -0.307 e. The predicted molar refractivity (Wildman–Crippen MR) is 64.6 cm³/mol. The lowest BCUT2D eigenvalue weighted by atomic mass is 10.2. The molecule has 2 rings (SSSR count). The summed E-state index contributed by atoms with van der Waals surface area (Å²) in [6.45, 7) is 1.59. The normalized spacial score (nSPS) is 10.5. The van der Waals surface area contributed by atoms with E-state index < -0.39 is 0 Å². The van der Waals surface area contributed by atoms with Crippen LogP contribution < -0.4 is 5.32 Å². The zero-order valence-corrected chi connectivity index (χ0v) is 10.4. The average Bonchev–Trinajstić information content (AvgIpc) is 2.74. The Bertz CT molecular complexity index is 416. The summed E-state index contributed by atoms with van der Waals surface area (Å²) in [6, 6.07) is 8.18. The van der Waals surface area contributed by atoms with Gasteiger partial charge in [-0.15, -0.1) is 5.10 Å². The summed E-state index contributed by atoms with van der Waals surface area (Å²) in [5.74, 6) is 0. The van der Waals surface area contributed by atoms with Crippen molar-refractivity contribution < 1.29 is 0 Å². The molecule has 0 unspecified atom stereocenters. The molecular formula is C10H10BrN3S. The van der Waals surface area contributed by atoms with E-state index in [2.05, 4.69) is 36.9 Å². The molecule has 0 aliphatic carbocycles. The molecule has 2 aromatic rings. The fraction of sp³-hybridized carbons (Fsp3) is 0.200. The van der Waals surface area contributed by atoms with E-state index >= 15 is 0 Å². The lowest BCUT2D eigenvalue weighted by Crippen LogP contribution is -2.13. The summed E-state index contributed by atoms with van der Waals surface area (Å²) in [6.07, 6.45) is 0. The molecule has 5 heteroatoms. The number of benzene rings is 1. The van der Waals surface area contributed by atoms with Crippen molar-refractivity contribution in [1.29, 1.82) is 0 Å². The third kappa shape index (κ3) is 3.09. The van der Waals surface area contributed by atoms with Crippen molar-refractivity contribution in [3.8, 4) is 0 Å². The highest BCUT2D eigenvalue weighted by molar-refractivity contribution is 9.10. The van der Waals surface area contributed by atoms with Gasteiger partial charge in [0.05, 0.1) is 5.69 Å². The maximum absolute atomic E-state index is 3.96. The van der Waals surface area contributed by atoms with Crippen LogP contribution >= 0.6 is 27.5 Å². The van der Waals surface area contributed by atoms with Gasteiger partial charge in [0.15, 0.2) is 0 Å². The molecule has 0 spiro atoms. The first kappa shape index (κ1) is 10.7. The van der Waals surface area contributed by atoms with E-state index in [4.69, 9.17) is 0 Å². The van der Waals surface area contributed by atoms with E-state index in [0.717, 1.165) is 23.3 Å². The Morgan fingerprint density at radius 2 is 2.13 bits per heavy atom. The summed E-state index contributed by atoms with van der Waals surface area (Å²) in [5, 5.41) is 9.23. The van der Waals surface area contributed by atoms with E-state index in [0.29, 0.717) is 0 Å². The molecule has 0 saturated heterocycles. The van der Waals surface area contributed by atoms with Crippen molar-refractivity contribution in [2.45, 2.75) is 13.1 Å². The zero-order valence-electron chi connectivity index (χ0n) is 7.98. The smallest absolute Gasteiger partial charge is 0.0893 e. The van der Waals surface area contributed by atoms with Crippen LogP contribution in [0.3, 0.4) is 0 Å². The Morgan fingerprint density at radius 3 is 2.87 bits per heavy atom. The van der Waals surface area contributed by atoms with E-state index in [1.807, 2.05) is 23.6 Å². The van der Waals surface area contributed by atoms with E-state index in [1.165, 1.54) is 17.1 Å². The highest BCUT2D eigenvalue weighted by Gasteiger charge is 1.99. The molecule has 1 N–H and O–H groups in total. The fourth-order valence-corrected chi connectivity index (χ4v) is 2.10. The molecule has 1 heterocycles. The van der Waals surface area contributed by atoms with Crippen LogP contribution in [-0.4, -0.2) is 9.59 Å². The van der Waals surface area contributed by atoms with Gasteiger partial charge in [0.1, 0.15) is 0 Å². The van der Waals surface area contributed by atoms with Crippen LogP contribution in [0.4, 0.5) is 0 Å². The Balaban J connectivity index is 1.86. The standard InChI is InChI=1S/C10H10BrN3S/c11-10-4-2-1-3-8(10)5-12-6-9-7-15-14-13-9/h1-4,7,12H,5-6H2. The third-order valence-electron chi connectivity index (χ3n) is 1.98. The first-order chi connectivity index (χ1) is 7.36. The Morgan fingerprint density at radius 1 is 1.27 bits per heavy atom. The minimum absolute atomic E-state index is 0.762. The molecule has 1 aromatic heterocycles. The number of hydrogen-bond donors (Lipinski definition) is 1. The van der Waals surface area contributed by atoms with Crippen LogP contribution in [0.5, 0.6) is 0 Å². The summed E-state index contributed by atoms with van der Waals surface area (Å²) < 4.78 is 4.94.